The monoisotopic (exact) mass is 214 g/mol. The normalized spacial score (nSPS) is 12.6. The lowest BCUT2D eigenvalue weighted by molar-refractivity contribution is 0.628. The maximum atomic E-state index is 9.02. The van der Waals surface area contributed by atoms with Gasteiger partial charge in [-0.1, -0.05) is 13.0 Å². The van der Waals surface area contributed by atoms with Gasteiger partial charge in [-0.2, -0.15) is 5.26 Å². The topological polar surface area (TPSA) is 67.1 Å². The fourth-order valence-electron chi connectivity index (χ4n) is 1.89. The van der Waals surface area contributed by atoms with E-state index in [1.54, 1.807) is 0 Å². The van der Waals surface area contributed by atoms with Crippen molar-refractivity contribution in [1.82, 2.24) is 9.38 Å². The first-order valence-corrected chi connectivity index (χ1v) is 5.39. The van der Waals surface area contributed by atoms with Crippen molar-refractivity contribution in [3.63, 3.8) is 0 Å². The highest BCUT2D eigenvalue weighted by Gasteiger charge is 2.16. The number of aromatic nitrogens is 2. The van der Waals surface area contributed by atoms with E-state index in [1.807, 2.05) is 28.8 Å². The summed E-state index contributed by atoms with van der Waals surface area (Å²) in [6.07, 6.45) is 2.85. The van der Waals surface area contributed by atoms with Crippen molar-refractivity contribution in [2.75, 3.05) is 6.54 Å². The molecule has 16 heavy (non-hydrogen) atoms. The van der Waals surface area contributed by atoms with Crippen molar-refractivity contribution in [2.24, 2.45) is 5.73 Å². The molecule has 2 aromatic rings. The Morgan fingerprint density at radius 1 is 1.56 bits per heavy atom. The lowest BCUT2D eigenvalue weighted by atomic mass is 10.1. The zero-order valence-corrected chi connectivity index (χ0v) is 9.22. The summed E-state index contributed by atoms with van der Waals surface area (Å²) in [6, 6.07) is 7.86. The lowest BCUT2D eigenvalue weighted by Gasteiger charge is -2.10. The van der Waals surface area contributed by atoms with Crippen molar-refractivity contribution in [3.8, 4) is 6.07 Å². The molecule has 4 nitrogen and oxygen atoms in total. The molecule has 2 aromatic heterocycles. The number of rotatable bonds is 3. The standard InChI is InChI=1S/C12H14N4/c1-2-9(7-13)12-15-10(8-14)11-5-3-4-6-16(11)12/h3-6,9H,2,7,13H2,1H3. The van der Waals surface area contributed by atoms with Crippen LogP contribution in [0.1, 0.15) is 30.8 Å². The molecule has 0 aromatic carbocycles. The number of hydrogen-bond acceptors (Lipinski definition) is 3. The third-order valence-electron chi connectivity index (χ3n) is 2.82. The quantitative estimate of drug-likeness (QED) is 0.844. The summed E-state index contributed by atoms with van der Waals surface area (Å²) >= 11 is 0. The molecule has 2 rings (SSSR count). The number of nitrogens with zero attached hydrogens (tertiary/aromatic N) is 3. The molecular weight excluding hydrogens is 200 g/mol. The van der Waals surface area contributed by atoms with Crippen LogP contribution < -0.4 is 5.73 Å². The molecule has 0 amide bonds. The number of hydrogen-bond donors (Lipinski definition) is 1. The molecule has 0 aliphatic rings. The van der Waals surface area contributed by atoms with Gasteiger partial charge < -0.3 is 10.1 Å². The van der Waals surface area contributed by atoms with Crippen LogP contribution in [0.15, 0.2) is 24.4 Å². The number of imidazole rings is 1. The van der Waals surface area contributed by atoms with Crippen molar-refractivity contribution < 1.29 is 0 Å². The zero-order valence-electron chi connectivity index (χ0n) is 9.22. The Morgan fingerprint density at radius 3 is 3.00 bits per heavy atom. The Bertz CT molecular complexity index is 531. The van der Waals surface area contributed by atoms with Gasteiger partial charge in [0, 0.05) is 18.7 Å². The Kier molecular flexibility index (Phi) is 2.88. The predicted octanol–water partition coefficient (Wildman–Crippen LogP) is 1.66. The third kappa shape index (κ3) is 1.55. The van der Waals surface area contributed by atoms with Gasteiger partial charge in [-0.3, -0.25) is 0 Å². The molecule has 0 radical (unpaired) electrons. The Labute approximate surface area is 94.3 Å². The van der Waals surface area contributed by atoms with Gasteiger partial charge in [0.25, 0.3) is 0 Å². The van der Waals surface area contributed by atoms with E-state index in [0.29, 0.717) is 12.2 Å². The highest BCUT2D eigenvalue weighted by atomic mass is 15.0. The van der Waals surface area contributed by atoms with Gasteiger partial charge in [0.1, 0.15) is 11.9 Å². The summed E-state index contributed by atoms with van der Waals surface area (Å²) in [5, 5.41) is 9.02. The van der Waals surface area contributed by atoms with E-state index < -0.39 is 0 Å². The second-order valence-electron chi connectivity index (χ2n) is 3.73. The first-order valence-electron chi connectivity index (χ1n) is 5.39. The number of nitrogens with two attached hydrogens (primary N) is 1. The van der Waals surface area contributed by atoms with Gasteiger partial charge in [-0.05, 0) is 18.6 Å². The van der Waals surface area contributed by atoms with Crippen LogP contribution in [0.5, 0.6) is 0 Å². The summed E-state index contributed by atoms with van der Waals surface area (Å²) in [6.45, 7) is 2.63. The van der Waals surface area contributed by atoms with Crippen LogP contribution >= 0.6 is 0 Å². The number of nitriles is 1. The Balaban J connectivity index is 2.67. The maximum absolute atomic E-state index is 9.02. The van der Waals surface area contributed by atoms with Crippen LogP contribution in [0, 0.1) is 11.3 Å². The van der Waals surface area contributed by atoms with Crippen molar-refractivity contribution in [2.45, 2.75) is 19.3 Å². The SMILES string of the molecule is CCC(CN)c1nc(C#N)c2ccccn12. The molecule has 1 atom stereocenters. The molecule has 0 spiro atoms. The highest BCUT2D eigenvalue weighted by Crippen LogP contribution is 2.21. The number of pyridine rings is 1. The average molecular weight is 214 g/mol. The minimum Gasteiger partial charge on any atom is -0.330 e. The summed E-state index contributed by atoms with van der Waals surface area (Å²) in [7, 11) is 0. The second-order valence-corrected chi connectivity index (χ2v) is 3.73. The van der Waals surface area contributed by atoms with Crippen LogP contribution in [0.4, 0.5) is 0 Å². The summed E-state index contributed by atoms with van der Waals surface area (Å²) < 4.78 is 1.96. The molecular formula is C12H14N4. The largest absolute Gasteiger partial charge is 0.330 e. The molecule has 0 aliphatic carbocycles. The van der Waals surface area contributed by atoms with Gasteiger partial charge in [0.05, 0.1) is 5.52 Å². The van der Waals surface area contributed by atoms with Gasteiger partial charge in [-0.25, -0.2) is 4.98 Å². The lowest BCUT2D eigenvalue weighted by Crippen LogP contribution is -2.14. The minimum atomic E-state index is 0.206. The Hall–Kier alpha value is -1.86. The van der Waals surface area contributed by atoms with Gasteiger partial charge in [0.15, 0.2) is 5.69 Å². The van der Waals surface area contributed by atoms with Crippen LogP contribution in [-0.4, -0.2) is 15.9 Å². The third-order valence-corrected chi connectivity index (χ3v) is 2.82. The van der Waals surface area contributed by atoms with E-state index in [1.165, 1.54) is 0 Å². The van der Waals surface area contributed by atoms with E-state index in [0.717, 1.165) is 17.8 Å². The van der Waals surface area contributed by atoms with E-state index in [-0.39, 0.29) is 5.92 Å². The van der Waals surface area contributed by atoms with E-state index in [9.17, 15) is 0 Å². The van der Waals surface area contributed by atoms with Gasteiger partial charge in [0.2, 0.25) is 0 Å². The first-order chi connectivity index (χ1) is 7.81. The maximum Gasteiger partial charge on any atom is 0.166 e. The fraction of sp³-hybridized carbons (Fsp3) is 0.333. The second kappa shape index (κ2) is 4.33. The van der Waals surface area contributed by atoms with Crippen LogP contribution in [0.3, 0.4) is 0 Å². The minimum absolute atomic E-state index is 0.206. The molecule has 82 valence electrons. The van der Waals surface area contributed by atoms with Crippen molar-refractivity contribution in [1.29, 1.82) is 5.26 Å². The molecule has 2 N–H and O–H groups in total. The summed E-state index contributed by atoms with van der Waals surface area (Å²) in [4.78, 5) is 4.37. The van der Waals surface area contributed by atoms with Gasteiger partial charge in [-0.15, -0.1) is 0 Å². The van der Waals surface area contributed by atoms with Crippen molar-refractivity contribution in [3.05, 3.63) is 35.9 Å². The van der Waals surface area contributed by atoms with E-state index in [2.05, 4.69) is 18.0 Å². The van der Waals surface area contributed by atoms with Crippen LogP contribution in [-0.2, 0) is 0 Å². The van der Waals surface area contributed by atoms with E-state index in [4.69, 9.17) is 11.0 Å². The predicted molar refractivity (Wildman–Crippen MR) is 62.0 cm³/mol. The summed E-state index contributed by atoms with van der Waals surface area (Å²) in [5.41, 5.74) is 7.05. The van der Waals surface area contributed by atoms with Crippen LogP contribution in [0.2, 0.25) is 0 Å². The smallest absolute Gasteiger partial charge is 0.166 e. The highest BCUT2D eigenvalue weighted by molar-refractivity contribution is 5.58. The summed E-state index contributed by atoms with van der Waals surface area (Å²) in [5.74, 6) is 1.09. The molecule has 0 aliphatic heterocycles. The fourth-order valence-corrected chi connectivity index (χ4v) is 1.89. The average Bonchev–Trinajstić information content (AvgIpc) is 2.70. The molecule has 1 unspecified atom stereocenters. The number of fused-ring (bicyclic) bond motifs is 1. The molecule has 4 heteroatoms. The Morgan fingerprint density at radius 2 is 2.38 bits per heavy atom. The zero-order chi connectivity index (χ0) is 11.5. The molecule has 2 heterocycles. The molecule has 0 saturated carbocycles. The van der Waals surface area contributed by atoms with Crippen molar-refractivity contribution >= 4 is 5.52 Å². The van der Waals surface area contributed by atoms with E-state index >= 15 is 0 Å². The molecule has 0 bridgehead atoms. The van der Waals surface area contributed by atoms with Gasteiger partial charge >= 0.3 is 0 Å². The molecule has 0 saturated heterocycles. The van der Waals surface area contributed by atoms with Crippen LogP contribution in [0.25, 0.3) is 5.52 Å². The molecule has 0 fully saturated rings. The first kappa shape index (κ1) is 10.7.